The van der Waals surface area contributed by atoms with Crippen LogP contribution in [0.2, 0.25) is 0 Å². The highest BCUT2D eigenvalue weighted by Gasteiger charge is 2.21. The van der Waals surface area contributed by atoms with Crippen molar-refractivity contribution in [3.8, 4) is 17.2 Å². The van der Waals surface area contributed by atoms with E-state index >= 15 is 0 Å². The molecule has 0 saturated heterocycles. The molecule has 0 bridgehead atoms. The van der Waals surface area contributed by atoms with E-state index in [2.05, 4.69) is 5.32 Å². The molecule has 3 N–H and O–H groups in total. The van der Waals surface area contributed by atoms with E-state index in [4.69, 9.17) is 19.9 Å². The lowest BCUT2D eigenvalue weighted by Gasteiger charge is -2.26. The van der Waals surface area contributed by atoms with Gasteiger partial charge in [-0.25, -0.2) is 0 Å². The second kappa shape index (κ2) is 8.62. The van der Waals surface area contributed by atoms with Crippen molar-refractivity contribution in [3.63, 3.8) is 0 Å². The van der Waals surface area contributed by atoms with Crippen LogP contribution in [-0.2, 0) is 11.2 Å². The standard InChI is InChI=1S/C17H28N2O4/c1-6-17(18,7-2)11-19-15(20)10-12-8-13(21-3)16(23-5)14(9-12)22-4/h8-9H,6-7,10-11,18H2,1-5H3,(H,19,20). The van der Waals surface area contributed by atoms with Gasteiger partial charge in [0.25, 0.3) is 0 Å². The van der Waals surface area contributed by atoms with E-state index in [1.165, 1.54) is 0 Å². The molecular weight excluding hydrogens is 296 g/mol. The number of methoxy groups -OCH3 is 3. The molecule has 0 radical (unpaired) electrons. The van der Waals surface area contributed by atoms with Crippen LogP contribution in [0, 0.1) is 0 Å². The zero-order valence-corrected chi connectivity index (χ0v) is 14.7. The molecule has 0 spiro atoms. The fraction of sp³-hybridized carbons (Fsp3) is 0.588. The maximum Gasteiger partial charge on any atom is 0.224 e. The fourth-order valence-corrected chi connectivity index (χ4v) is 2.26. The lowest BCUT2D eigenvalue weighted by Crippen LogP contribution is -2.49. The number of hydrogen-bond acceptors (Lipinski definition) is 5. The summed E-state index contributed by atoms with van der Waals surface area (Å²) in [6, 6.07) is 3.55. The van der Waals surface area contributed by atoms with Crippen LogP contribution in [0.4, 0.5) is 0 Å². The van der Waals surface area contributed by atoms with Crippen LogP contribution in [0.15, 0.2) is 12.1 Å². The Morgan fingerprint density at radius 1 is 1.09 bits per heavy atom. The van der Waals surface area contributed by atoms with E-state index in [1.54, 1.807) is 33.5 Å². The van der Waals surface area contributed by atoms with Crippen molar-refractivity contribution in [2.45, 2.75) is 38.6 Å². The third kappa shape index (κ3) is 5.03. The average Bonchev–Trinajstić information content (AvgIpc) is 2.58. The molecule has 0 aliphatic carbocycles. The predicted octanol–water partition coefficient (Wildman–Crippen LogP) is 1.89. The second-order valence-electron chi connectivity index (χ2n) is 5.56. The minimum atomic E-state index is -0.356. The van der Waals surface area contributed by atoms with Gasteiger partial charge in [0.2, 0.25) is 11.7 Å². The predicted molar refractivity (Wildman–Crippen MR) is 90.3 cm³/mol. The number of rotatable bonds is 9. The highest BCUT2D eigenvalue weighted by atomic mass is 16.5. The largest absolute Gasteiger partial charge is 0.493 e. The first kappa shape index (κ1) is 19.1. The van der Waals surface area contributed by atoms with Crippen molar-refractivity contribution in [2.24, 2.45) is 5.73 Å². The van der Waals surface area contributed by atoms with Crippen LogP contribution in [0.25, 0.3) is 0 Å². The van der Waals surface area contributed by atoms with Crippen molar-refractivity contribution >= 4 is 5.91 Å². The number of nitrogens with two attached hydrogens (primary N) is 1. The highest BCUT2D eigenvalue weighted by Crippen LogP contribution is 2.38. The number of carbonyl (C=O) groups excluding carboxylic acids is 1. The van der Waals surface area contributed by atoms with E-state index in [-0.39, 0.29) is 17.9 Å². The number of carbonyl (C=O) groups is 1. The van der Waals surface area contributed by atoms with Gasteiger partial charge >= 0.3 is 0 Å². The lowest BCUT2D eigenvalue weighted by atomic mass is 9.94. The van der Waals surface area contributed by atoms with Gasteiger partial charge in [-0.3, -0.25) is 4.79 Å². The van der Waals surface area contributed by atoms with Gasteiger partial charge in [-0.1, -0.05) is 13.8 Å². The third-order valence-corrected chi connectivity index (χ3v) is 4.14. The molecule has 0 aliphatic rings. The molecule has 0 aromatic heterocycles. The van der Waals surface area contributed by atoms with Crippen molar-refractivity contribution in [1.29, 1.82) is 0 Å². The number of hydrogen-bond donors (Lipinski definition) is 2. The molecule has 6 heteroatoms. The first-order valence-electron chi connectivity index (χ1n) is 7.77. The van der Waals surface area contributed by atoms with Crippen molar-refractivity contribution in [2.75, 3.05) is 27.9 Å². The Kier molecular flexibility index (Phi) is 7.16. The summed E-state index contributed by atoms with van der Waals surface area (Å²) in [6.45, 7) is 4.51. The Labute approximate surface area is 138 Å². The molecule has 1 aromatic carbocycles. The van der Waals surface area contributed by atoms with Gasteiger partial charge in [-0.15, -0.1) is 0 Å². The van der Waals surface area contributed by atoms with Crippen LogP contribution >= 0.6 is 0 Å². The summed E-state index contributed by atoms with van der Waals surface area (Å²) in [6.07, 6.45) is 1.85. The maximum atomic E-state index is 12.2. The number of amides is 1. The van der Waals surface area contributed by atoms with E-state index in [1.807, 2.05) is 13.8 Å². The summed E-state index contributed by atoms with van der Waals surface area (Å²) in [7, 11) is 4.64. The Bertz CT molecular complexity index is 502. The van der Waals surface area contributed by atoms with Crippen LogP contribution in [-0.4, -0.2) is 39.3 Å². The minimum Gasteiger partial charge on any atom is -0.493 e. The smallest absolute Gasteiger partial charge is 0.224 e. The molecule has 6 nitrogen and oxygen atoms in total. The highest BCUT2D eigenvalue weighted by molar-refractivity contribution is 5.79. The average molecular weight is 324 g/mol. The molecule has 1 aromatic rings. The van der Waals surface area contributed by atoms with Gasteiger partial charge in [0.05, 0.1) is 27.8 Å². The summed E-state index contributed by atoms with van der Waals surface area (Å²) in [5.74, 6) is 1.49. The molecule has 130 valence electrons. The summed E-state index contributed by atoms with van der Waals surface area (Å²) in [4.78, 5) is 12.2. The van der Waals surface area contributed by atoms with E-state index in [9.17, 15) is 4.79 Å². The minimum absolute atomic E-state index is 0.0870. The third-order valence-electron chi connectivity index (χ3n) is 4.14. The zero-order valence-electron chi connectivity index (χ0n) is 14.7. The first-order chi connectivity index (χ1) is 10.9. The quantitative estimate of drug-likeness (QED) is 0.725. The molecule has 0 aliphatic heterocycles. The fourth-order valence-electron chi connectivity index (χ4n) is 2.26. The molecule has 0 saturated carbocycles. The zero-order chi connectivity index (χ0) is 17.5. The Morgan fingerprint density at radius 2 is 1.61 bits per heavy atom. The van der Waals surface area contributed by atoms with Crippen LogP contribution in [0.5, 0.6) is 17.2 Å². The maximum absolute atomic E-state index is 12.2. The lowest BCUT2D eigenvalue weighted by molar-refractivity contribution is -0.120. The summed E-state index contributed by atoms with van der Waals surface area (Å²) in [5.41, 5.74) is 6.62. The second-order valence-corrected chi connectivity index (χ2v) is 5.56. The van der Waals surface area contributed by atoms with Crippen LogP contribution < -0.4 is 25.3 Å². The Morgan fingerprint density at radius 3 is 2.00 bits per heavy atom. The van der Waals surface area contributed by atoms with E-state index < -0.39 is 0 Å². The molecule has 0 unspecified atom stereocenters. The SMILES string of the molecule is CCC(N)(CC)CNC(=O)Cc1cc(OC)c(OC)c(OC)c1. The number of nitrogens with one attached hydrogen (secondary N) is 1. The van der Waals surface area contributed by atoms with Gasteiger partial charge in [0.15, 0.2) is 11.5 Å². The molecule has 23 heavy (non-hydrogen) atoms. The van der Waals surface area contributed by atoms with Gasteiger partial charge in [-0.2, -0.15) is 0 Å². The van der Waals surface area contributed by atoms with Gasteiger partial charge in [0.1, 0.15) is 0 Å². The molecule has 0 atom stereocenters. The summed E-state index contributed by atoms with van der Waals surface area (Å²) in [5, 5.41) is 2.90. The van der Waals surface area contributed by atoms with Crippen molar-refractivity contribution in [1.82, 2.24) is 5.32 Å². The molecule has 0 fully saturated rings. The van der Waals surface area contributed by atoms with Gasteiger partial charge in [0, 0.05) is 12.1 Å². The normalized spacial score (nSPS) is 11.0. The Hall–Kier alpha value is -1.95. The monoisotopic (exact) mass is 324 g/mol. The van der Waals surface area contributed by atoms with Crippen molar-refractivity contribution in [3.05, 3.63) is 17.7 Å². The molecule has 1 rings (SSSR count). The van der Waals surface area contributed by atoms with Crippen LogP contribution in [0.3, 0.4) is 0 Å². The van der Waals surface area contributed by atoms with Crippen molar-refractivity contribution < 1.29 is 19.0 Å². The molecular formula is C17H28N2O4. The molecule has 1 amide bonds. The molecule has 0 heterocycles. The number of ether oxygens (including phenoxy) is 3. The summed E-state index contributed by atoms with van der Waals surface area (Å²) < 4.78 is 15.9. The first-order valence-corrected chi connectivity index (χ1v) is 7.77. The Balaban J connectivity index is 2.82. The van der Waals surface area contributed by atoms with Gasteiger partial charge in [-0.05, 0) is 30.5 Å². The topological polar surface area (TPSA) is 82.8 Å². The van der Waals surface area contributed by atoms with Gasteiger partial charge < -0.3 is 25.3 Å². The van der Waals surface area contributed by atoms with Crippen LogP contribution in [0.1, 0.15) is 32.3 Å². The van der Waals surface area contributed by atoms with E-state index in [0.717, 1.165) is 18.4 Å². The van der Waals surface area contributed by atoms with E-state index in [0.29, 0.717) is 23.8 Å². The number of benzene rings is 1. The summed E-state index contributed by atoms with van der Waals surface area (Å²) >= 11 is 0.